The molecular formula is C14H15ClN2O4. The minimum Gasteiger partial charge on any atom is -0.460 e. The predicted octanol–water partition coefficient (Wildman–Crippen LogP) is 2.98. The maximum Gasteiger partial charge on any atom is 0.270 e. The number of benzene rings is 1. The SMILES string of the molecule is CC(O)CNCc1ccc(-c2ccc([N+](=O)[O-])cc2Cl)o1. The molecule has 0 aliphatic rings. The maximum atomic E-state index is 10.7. The second-order valence-electron chi connectivity index (χ2n) is 4.67. The summed E-state index contributed by atoms with van der Waals surface area (Å²) in [7, 11) is 0. The summed E-state index contributed by atoms with van der Waals surface area (Å²) >= 11 is 6.05. The Morgan fingerprint density at radius 3 is 2.81 bits per heavy atom. The summed E-state index contributed by atoms with van der Waals surface area (Å²) in [4.78, 5) is 10.2. The lowest BCUT2D eigenvalue weighted by Gasteiger charge is -2.04. The molecular weight excluding hydrogens is 296 g/mol. The van der Waals surface area contributed by atoms with Crippen molar-refractivity contribution in [2.45, 2.75) is 19.6 Å². The smallest absolute Gasteiger partial charge is 0.270 e. The standard InChI is InChI=1S/C14H15ClN2O4/c1-9(18)7-16-8-11-3-5-14(21-11)12-4-2-10(17(19)20)6-13(12)15/h2-6,9,16,18H,7-8H2,1H3. The normalized spacial score (nSPS) is 12.3. The molecule has 1 heterocycles. The van der Waals surface area contributed by atoms with Crippen LogP contribution in [0.15, 0.2) is 34.7 Å². The Morgan fingerprint density at radius 1 is 1.43 bits per heavy atom. The summed E-state index contributed by atoms with van der Waals surface area (Å²) in [5.41, 5.74) is 0.540. The van der Waals surface area contributed by atoms with Crippen LogP contribution >= 0.6 is 11.6 Å². The highest BCUT2D eigenvalue weighted by Gasteiger charge is 2.13. The Bertz CT molecular complexity index is 640. The van der Waals surface area contributed by atoms with E-state index in [-0.39, 0.29) is 10.7 Å². The molecule has 21 heavy (non-hydrogen) atoms. The Morgan fingerprint density at radius 2 is 2.19 bits per heavy atom. The molecule has 0 bridgehead atoms. The average Bonchev–Trinajstić information content (AvgIpc) is 2.86. The van der Waals surface area contributed by atoms with Crippen molar-refractivity contribution in [3.05, 3.63) is 51.2 Å². The number of halogens is 1. The highest BCUT2D eigenvalue weighted by Crippen LogP contribution is 2.32. The van der Waals surface area contributed by atoms with Crippen LogP contribution in [0.5, 0.6) is 0 Å². The van der Waals surface area contributed by atoms with E-state index in [1.807, 2.05) is 0 Å². The quantitative estimate of drug-likeness (QED) is 0.632. The molecule has 1 atom stereocenters. The van der Waals surface area contributed by atoms with E-state index in [9.17, 15) is 10.1 Å². The van der Waals surface area contributed by atoms with Gasteiger partial charge in [0, 0.05) is 24.2 Å². The maximum absolute atomic E-state index is 10.7. The Kier molecular flexibility index (Phi) is 4.95. The zero-order valence-electron chi connectivity index (χ0n) is 11.4. The first-order valence-corrected chi connectivity index (χ1v) is 6.77. The van der Waals surface area contributed by atoms with Crippen LogP contribution in [0.4, 0.5) is 5.69 Å². The first-order chi connectivity index (χ1) is 9.97. The number of aliphatic hydroxyl groups excluding tert-OH is 1. The molecule has 0 amide bonds. The molecule has 112 valence electrons. The van der Waals surface area contributed by atoms with Gasteiger partial charge < -0.3 is 14.8 Å². The van der Waals surface area contributed by atoms with Crippen molar-refractivity contribution in [3.63, 3.8) is 0 Å². The average molecular weight is 311 g/mol. The van der Waals surface area contributed by atoms with Crippen LogP contribution in [0.25, 0.3) is 11.3 Å². The highest BCUT2D eigenvalue weighted by atomic mass is 35.5. The van der Waals surface area contributed by atoms with Gasteiger partial charge >= 0.3 is 0 Å². The van der Waals surface area contributed by atoms with E-state index in [1.54, 1.807) is 25.1 Å². The molecule has 0 saturated heterocycles. The number of hydrogen-bond acceptors (Lipinski definition) is 5. The summed E-state index contributed by atoms with van der Waals surface area (Å²) in [6.45, 7) is 2.64. The van der Waals surface area contributed by atoms with Gasteiger partial charge in [-0.3, -0.25) is 10.1 Å². The number of aliphatic hydroxyl groups is 1. The van der Waals surface area contributed by atoms with Gasteiger partial charge in [-0.25, -0.2) is 0 Å². The van der Waals surface area contributed by atoms with E-state index in [0.29, 0.717) is 30.2 Å². The van der Waals surface area contributed by atoms with Crippen LogP contribution in [0.1, 0.15) is 12.7 Å². The molecule has 0 saturated carbocycles. The van der Waals surface area contributed by atoms with Crippen molar-refractivity contribution in [2.75, 3.05) is 6.54 Å². The van der Waals surface area contributed by atoms with E-state index >= 15 is 0 Å². The minimum absolute atomic E-state index is 0.0610. The molecule has 2 rings (SSSR count). The van der Waals surface area contributed by atoms with Gasteiger partial charge in [-0.2, -0.15) is 0 Å². The molecule has 0 fully saturated rings. The van der Waals surface area contributed by atoms with E-state index in [4.69, 9.17) is 21.1 Å². The molecule has 1 unspecified atom stereocenters. The number of nitrogens with zero attached hydrogens (tertiary/aromatic N) is 1. The van der Waals surface area contributed by atoms with E-state index in [1.165, 1.54) is 12.1 Å². The van der Waals surface area contributed by atoms with Crippen LogP contribution in [0.2, 0.25) is 5.02 Å². The van der Waals surface area contributed by atoms with Crippen molar-refractivity contribution >= 4 is 17.3 Å². The van der Waals surface area contributed by atoms with Gasteiger partial charge in [-0.1, -0.05) is 11.6 Å². The fourth-order valence-corrected chi connectivity index (χ4v) is 2.11. The summed E-state index contributed by atoms with van der Waals surface area (Å²) in [5, 5.41) is 23.1. The van der Waals surface area contributed by atoms with Crippen molar-refractivity contribution < 1.29 is 14.4 Å². The van der Waals surface area contributed by atoms with Gasteiger partial charge in [0.15, 0.2) is 0 Å². The second-order valence-corrected chi connectivity index (χ2v) is 5.07. The van der Waals surface area contributed by atoms with Gasteiger partial charge in [0.05, 0.1) is 22.6 Å². The zero-order chi connectivity index (χ0) is 15.4. The molecule has 1 aromatic carbocycles. The molecule has 0 spiro atoms. The number of rotatable bonds is 6. The van der Waals surface area contributed by atoms with Gasteiger partial charge in [-0.05, 0) is 25.1 Å². The van der Waals surface area contributed by atoms with Crippen molar-refractivity contribution in [2.24, 2.45) is 0 Å². The third kappa shape index (κ3) is 4.04. The Hall–Kier alpha value is -1.89. The molecule has 2 aromatic rings. The van der Waals surface area contributed by atoms with Crippen molar-refractivity contribution in [1.82, 2.24) is 5.32 Å². The van der Waals surface area contributed by atoms with Gasteiger partial charge in [0.1, 0.15) is 11.5 Å². The third-order valence-corrected chi connectivity index (χ3v) is 3.14. The number of nitro groups is 1. The number of furan rings is 1. The van der Waals surface area contributed by atoms with Crippen molar-refractivity contribution in [3.8, 4) is 11.3 Å². The lowest BCUT2D eigenvalue weighted by molar-refractivity contribution is -0.384. The summed E-state index contributed by atoms with van der Waals surface area (Å²) < 4.78 is 5.63. The topological polar surface area (TPSA) is 88.5 Å². The van der Waals surface area contributed by atoms with Crippen LogP contribution in [0.3, 0.4) is 0 Å². The van der Waals surface area contributed by atoms with Crippen LogP contribution in [0, 0.1) is 10.1 Å². The second kappa shape index (κ2) is 6.71. The number of non-ortho nitro benzene ring substituents is 1. The van der Waals surface area contributed by atoms with E-state index in [0.717, 1.165) is 0 Å². The molecule has 0 radical (unpaired) electrons. The third-order valence-electron chi connectivity index (χ3n) is 2.83. The van der Waals surface area contributed by atoms with E-state index in [2.05, 4.69) is 5.32 Å². The zero-order valence-corrected chi connectivity index (χ0v) is 12.1. The molecule has 6 nitrogen and oxygen atoms in total. The molecule has 0 aliphatic heterocycles. The van der Waals surface area contributed by atoms with E-state index < -0.39 is 11.0 Å². The first kappa shape index (κ1) is 15.5. The molecule has 0 aliphatic carbocycles. The number of nitrogens with one attached hydrogen (secondary N) is 1. The Balaban J connectivity index is 2.12. The highest BCUT2D eigenvalue weighted by molar-refractivity contribution is 6.33. The fraction of sp³-hybridized carbons (Fsp3) is 0.286. The summed E-state index contributed by atoms with van der Waals surface area (Å²) in [6, 6.07) is 7.79. The van der Waals surface area contributed by atoms with Gasteiger partial charge in [-0.15, -0.1) is 0 Å². The van der Waals surface area contributed by atoms with Gasteiger partial charge in [0.25, 0.3) is 5.69 Å². The number of nitro benzene ring substituents is 1. The fourth-order valence-electron chi connectivity index (χ4n) is 1.84. The lowest BCUT2D eigenvalue weighted by Crippen LogP contribution is -2.23. The first-order valence-electron chi connectivity index (χ1n) is 6.39. The lowest BCUT2D eigenvalue weighted by atomic mass is 10.1. The molecule has 1 aromatic heterocycles. The van der Waals surface area contributed by atoms with Crippen molar-refractivity contribution in [1.29, 1.82) is 0 Å². The summed E-state index contributed by atoms with van der Waals surface area (Å²) in [5.74, 6) is 1.24. The molecule has 2 N–H and O–H groups in total. The van der Waals surface area contributed by atoms with Gasteiger partial charge in [0.2, 0.25) is 0 Å². The number of hydrogen-bond donors (Lipinski definition) is 2. The largest absolute Gasteiger partial charge is 0.460 e. The summed E-state index contributed by atoms with van der Waals surface area (Å²) in [6.07, 6.45) is -0.427. The molecule has 7 heteroatoms. The van der Waals surface area contributed by atoms with Crippen LogP contribution in [-0.2, 0) is 6.54 Å². The predicted molar refractivity (Wildman–Crippen MR) is 79.2 cm³/mol. The van der Waals surface area contributed by atoms with Crippen LogP contribution < -0.4 is 5.32 Å². The monoisotopic (exact) mass is 310 g/mol. The minimum atomic E-state index is -0.497. The Labute approximate surface area is 126 Å². The van der Waals surface area contributed by atoms with Crippen LogP contribution in [-0.4, -0.2) is 22.7 Å².